The molecule has 1 aliphatic carbocycles. The van der Waals surface area contributed by atoms with Gasteiger partial charge in [-0.15, -0.1) is 0 Å². The van der Waals surface area contributed by atoms with E-state index < -0.39 is 0 Å². The van der Waals surface area contributed by atoms with E-state index in [0.29, 0.717) is 25.6 Å². The van der Waals surface area contributed by atoms with Crippen LogP contribution < -0.4 is 4.90 Å². The number of anilines is 1. The molecular formula is C13H18N6O. The molecule has 1 atom stereocenters. The van der Waals surface area contributed by atoms with Crippen LogP contribution in [0.2, 0.25) is 0 Å². The molecule has 2 heterocycles. The molecule has 7 heteroatoms. The molecule has 1 saturated heterocycles. The maximum Gasteiger partial charge on any atom is 0.228 e. The molecule has 7 nitrogen and oxygen atoms in total. The van der Waals surface area contributed by atoms with Crippen LogP contribution in [0.5, 0.6) is 0 Å². The lowest BCUT2D eigenvalue weighted by molar-refractivity contribution is -0.117. The van der Waals surface area contributed by atoms with Crippen molar-refractivity contribution in [2.24, 2.45) is 11.0 Å². The predicted octanol–water partition coefficient (Wildman–Crippen LogP) is 2.66. The van der Waals surface area contributed by atoms with Crippen LogP contribution in [-0.4, -0.2) is 28.8 Å². The summed E-state index contributed by atoms with van der Waals surface area (Å²) in [6.07, 6.45) is 6.96. The Kier molecular flexibility index (Phi) is 3.60. The molecule has 2 fully saturated rings. The second-order valence-electron chi connectivity index (χ2n) is 5.56. The quantitative estimate of drug-likeness (QED) is 0.480. The fourth-order valence-electron chi connectivity index (χ4n) is 3.23. The molecule has 20 heavy (non-hydrogen) atoms. The van der Waals surface area contributed by atoms with Crippen LogP contribution in [0.15, 0.2) is 17.4 Å². The van der Waals surface area contributed by atoms with Gasteiger partial charge in [-0.25, -0.2) is 4.68 Å². The molecule has 2 aliphatic rings. The number of hydrogen-bond acceptors (Lipinski definition) is 3. The van der Waals surface area contributed by atoms with Crippen LogP contribution in [-0.2, 0) is 4.79 Å². The summed E-state index contributed by atoms with van der Waals surface area (Å²) >= 11 is 0. The van der Waals surface area contributed by atoms with Gasteiger partial charge in [0.15, 0.2) is 0 Å². The number of amides is 1. The molecule has 0 aromatic carbocycles. The van der Waals surface area contributed by atoms with Crippen molar-refractivity contribution < 1.29 is 4.79 Å². The standard InChI is InChI=1S/C13H18N6O/c14-17-15-8-10-7-13(20)18(9-10)12-5-6-16-19(12)11-3-1-2-4-11/h5-6,10-11H,1-4,7-9H2. The summed E-state index contributed by atoms with van der Waals surface area (Å²) in [5.41, 5.74) is 8.38. The van der Waals surface area contributed by atoms with E-state index in [2.05, 4.69) is 15.1 Å². The molecule has 3 rings (SSSR count). The van der Waals surface area contributed by atoms with Crippen LogP contribution in [0.1, 0.15) is 38.1 Å². The summed E-state index contributed by atoms with van der Waals surface area (Å²) in [6, 6.07) is 2.33. The number of hydrogen-bond donors (Lipinski definition) is 0. The van der Waals surface area contributed by atoms with Gasteiger partial charge in [0, 0.05) is 30.5 Å². The first-order valence-corrected chi connectivity index (χ1v) is 7.14. The molecule has 1 aromatic rings. The summed E-state index contributed by atoms with van der Waals surface area (Å²) in [4.78, 5) is 16.7. The molecule has 0 spiro atoms. The Morgan fingerprint density at radius 1 is 1.45 bits per heavy atom. The largest absolute Gasteiger partial charge is 0.297 e. The van der Waals surface area contributed by atoms with Gasteiger partial charge < -0.3 is 0 Å². The summed E-state index contributed by atoms with van der Waals surface area (Å²) < 4.78 is 2.00. The van der Waals surface area contributed by atoms with Crippen molar-refractivity contribution in [3.05, 3.63) is 22.7 Å². The molecule has 1 amide bonds. The average Bonchev–Trinajstić information content (AvgIpc) is 3.15. The van der Waals surface area contributed by atoms with Gasteiger partial charge in [0.05, 0.1) is 12.2 Å². The van der Waals surface area contributed by atoms with Crippen molar-refractivity contribution in [2.75, 3.05) is 18.0 Å². The third kappa shape index (κ3) is 2.36. The van der Waals surface area contributed by atoms with Gasteiger partial charge in [-0.1, -0.05) is 18.0 Å². The highest BCUT2D eigenvalue weighted by Crippen LogP contribution is 2.34. The third-order valence-corrected chi connectivity index (χ3v) is 4.20. The Bertz CT molecular complexity index is 541. The minimum absolute atomic E-state index is 0.0999. The monoisotopic (exact) mass is 274 g/mol. The lowest BCUT2D eigenvalue weighted by Crippen LogP contribution is -2.28. The Hall–Kier alpha value is -2.01. The second kappa shape index (κ2) is 5.54. The topological polar surface area (TPSA) is 86.9 Å². The third-order valence-electron chi connectivity index (χ3n) is 4.20. The highest BCUT2D eigenvalue weighted by atomic mass is 16.2. The summed E-state index contributed by atoms with van der Waals surface area (Å²) in [5, 5.41) is 7.99. The van der Waals surface area contributed by atoms with Gasteiger partial charge in [0.25, 0.3) is 0 Å². The molecular weight excluding hydrogens is 256 g/mol. The molecule has 0 radical (unpaired) electrons. The summed E-state index contributed by atoms with van der Waals surface area (Å²) in [7, 11) is 0. The van der Waals surface area contributed by atoms with E-state index in [-0.39, 0.29) is 11.8 Å². The number of azide groups is 1. The summed E-state index contributed by atoms with van der Waals surface area (Å²) in [5.74, 6) is 1.11. The summed E-state index contributed by atoms with van der Waals surface area (Å²) in [6.45, 7) is 1.01. The fraction of sp³-hybridized carbons (Fsp3) is 0.692. The first-order valence-electron chi connectivity index (χ1n) is 7.14. The molecule has 1 aliphatic heterocycles. The zero-order valence-corrected chi connectivity index (χ0v) is 11.4. The maximum atomic E-state index is 12.2. The lowest BCUT2D eigenvalue weighted by Gasteiger charge is -2.21. The molecule has 1 aromatic heterocycles. The number of carbonyl (C=O) groups excluding carboxylic acids is 1. The van der Waals surface area contributed by atoms with Crippen LogP contribution in [0.3, 0.4) is 0 Å². The smallest absolute Gasteiger partial charge is 0.228 e. The van der Waals surface area contributed by atoms with E-state index >= 15 is 0 Å². The fourth-order valence-corrected chi connectivity index (χ4v) is 3.23. The number of aromatic nitrogens is 2. The van der Waals surface area contributed by atoms with Crippen LogP contribution in [0.4, 0.5) is 5.82 Å². The Morgan fingerprint density at radius 2 is 2.25 bits per heavy atom. The normalized spacial score (nSPS) is 23.3. The van der Waals surface area contributed by atoms with Gasteiger partial charge in [-0.3, -0.25) is 9.69 Å². The maximum absolute atomic E-state index is 12.2. The minimum Gasteiger partial charge on any atom is -0.297 e. The van der Waals surface area contributed by atoms with Gasteiger partial charge in [0.2, 0.25) is 5.91 Å². The Morgan fingerprint density at radius 3 is 3.00 bits per heavy atom. The van der Waals surface area contributed by atoms with Crippen molar-refractivity contribution in [1.82, 2.24) is 9.78 Å². The van der Waals surface area contributed by atoms with Crippen molar-refractivity contribution in [1.29, 1.82) is 0 Å². The molecule has 1 saturated carbocycles. The van der Waals surface area contributed by atoms with E-state index in [1.807, 2.05) is 10.7 Å². The van der Waals surface area contributed by atoms with Crippen molar-refractivity contribution in [3.63, 3.8) is 0 Å². The number of carbonyl (C=O) groups is 1. The van der Waals surface area contributed by atoms with Crippen LogP contribution in [0.25, 0.3) is 10.4 Å². The first-order chi connectivity index (χ1) is 9.79. The van der Waals surface area contributed by atoms with Crippen LogP contribution in [0, 0.1) is 5.92 Å². The predicted molar refractivity (Wildman–Crippen MR) is 74.2 cm³/mol. The molecule has 0 bridgehead atoms. The highest BCUT2D eigenvalue weighted by molar-refractivity contribution is 5.94. The number of rotatable bonds is 4. The molecule has 0 N–H and O–H groups in total. The zero-order valence-electron chi connectivity index (χ0n) is 11.4. The first kappa shape index (κ1) is 13.0. The van der Waals surface area contributed by atoms with Crippen molar-refractivity contribution in [3.8, 4) is 0 Å². The van der Waals surface area contributed by atoms with Crippen LogP contribution >= 0.6 is 0 Å². The van der Waals surface area contributed by atoms with E-state index in [0.717, 1.165) is 18.7 Å². The molecule has 1 unspecified atom stereocenters. The Balaban J connectivity index is 1.77. The van der Waals surface area contributed by atoms with Gasteiger partial charge in [0.1, 0.15) is 5.82 Å². The van der Waals surface area contributed by atoms with E-state index in [9.17, 15) is 4.79 Å². The second-order valence-corrected chi connectivity index (χ2v) is 5.56. The SMILES string of the molecule is [N-]=[N+]=NCC1CC(=O)N(c2ccnn2C2CCCC2)C1. The van der Waals surface area contributed by atoms with Crippen molar-refractivity contribution in [2.45, 2.75) is 38.1 Å². The van der Waals surface area contributed by atoms with Crippen molar-refractivity contribution >= 4 is 11.7 Å². The average molecular weight is 274 g/mol. The lowest BCUT2D eigenvalue weighted by atomic mass is 10.1. The van der Waals surface area contributed by atoms with E-state index in [1.165, 1.54) is 12.8 Å². The van der Waals surface area contributed by atoms with Gasteiger partial charge in [-0.2, -0.15) is 5.10 Å². The molecule has 106 valence electrons. The van der Waals surface area contributed by atoms with Gasteiger partial charge >= 0.3 is 0 Å². The zero-order chi connectivity index (χ0) is 13.9. The minimum atomic E-state index is 0.0999. The van der Waals surface area contributed by atoms with E-state index in [1.54, 1.807) is 11.1 Å². The Labute approximate surface area is 117 Å². The highest BCUT2D eigenvalue weighted by Gasteiger charge is 2.33. The van der Waals surface area contributed by atoms with E-state index in [4.69, 9.17) is 5.53 Å². The van der Waals surface area contributed by atoms with Gasteiger partial charge in [-0.05, 0) is 24.3 Å². The number of nitrogens with zero attached hydrogens (tertiary/aromatic N) is 6.